The molecule has 0 aliphatic heterocycles. The second kappa shape index (κ2) is 4.92. The van der Waals surface area contributed by atoms with Gasteiger partial charge in [-0.2, -0.15) is 9.50 Å². The maximum absolute atomic E-state index is 12.7. The van der Waals surface area contributed by atoms with Crippen molar-refractivity contribution >= 4 is 16.7 Å². The molecule has 0 radical (unpaired) electrons. The van der Waals surface area contributed by atoms with Crippen molar-refractivity contribution in [2.45, 2.75) is 20.4 Å². The molecule has 0 saturated heterocycles. The highest BCUT2D eigenvalue weighted by Crippen LogP contribution is 2.14. The molecule has 0 fully saturated rings. The summed E-state index contributed by atoms with van der Waals surface area (Å²) in [5, 5.41) is 4.92. The van der Waals surface area contributed by atoms with Gasteiger partial charge in [0.15, 0.2) is 0 Å². The van der Waals surface area contributed by atoms with Crippen LogP contribution in [0.5, 0.6) is 0 Å². The summed E-state index contributed by atoms with van der Waals surface area (Å²) < 4.78 is 3.35. The van der Waals surface area contributed by atoms with Crippen molar-refractivity contribution in [3.8, 4) is 0 Å². The molecular weight excluding hydrogens is 268 g/mol. The molecule has 0 saturated carbocycles. The molecule has 0 spiro atoms. The lowest BCUT2D eigenvalue weighted by molar-refractivity contribution is 0.381. The first kappa shape index (κ1) is 13.7. The topological polar surface area (TPSA) is 68.3 Å². The molecule has 21 heavy (non-hydrogen) atoms. The van der Waals surface area contributed by atoms with E-state index < -0.39 is 0 Å². The molecule has 0 aliphatic carbocycles. The zero-order valence-electron chi connectivity index (χ0n) is 12.7. The molecule has 7 nitrogen and oxygen atoms in total. The predicted molar refractivity (Wildman–Crippen MR) is 80.6 cm³/mol. The highest BCUT2D eigenvalue weighted by molar-refractivity contribution is 5.81. The molecular formula is C14H18N6O. The zero-order chi connectivity index (χ0) is 15.1. The fourth-order valence-corrected chi connectivity index (χ4v) is 2.41. The molecule has 3 heterocycles. The number of fused-ring (bicyclic) bond motifs is 3. The van der Waals surface area contributed by atoms with Crippen LogP contribution in [-0.4, -0.2) is 49.7 Å². The molecule has 3 aromatic heterocycles. The first-order valence-electron chi connectivity index (χ1n) is 6.85. The van der Waals surface area contributed by atoms with E-state index in [4.69, 9.17) is 0 Å². The van der Waals surface area contributed by atoms with Crippen LogP contribution in [0, 0.1) is 13.8 Å². The van der Waals surface area contributed by atoms with Gasteiger partial charge >= 0.3 is 0 Å². The normalized spacial score (nSPS) is 11.9. The standard InChI is InChI=1S/C14H18N6O/c1-9-12-11(20-14(15-9)16-10(2)17-20)5-6-19(13(12)21)8-7-18(3)4/h5-6H,7-8H2,1-4H3. The lowest BCUT2D eigenvalue weighted by Gasteiger charge is -2.12. The number of hydrogen-bond acceptors (Lipinski definition) is 5. The summed E-state index contributed by atoms with van der Waals surface area (Å²) in [5.41, 5.74) is 1.41. The van der Waals surface area contributed by atoms with Crippen molar-refractivity contribution in [3.63, 3.8) is 0 Å². The van der Waals surface area contributed by atoms with Crippen LogP contribution in [0.15, 0.2) is 17.1 Å². The fraction of sp³-hybridized carbons (Fsp3) is 0.429. The minimum atomic E-state index is -0.0330. The van der Waals surface area contributed by atoms with Gasteiger partial charge in [-0.05, 0) is 34.0 Å². The van der Waals surface area contributed by atoms with E-state index in [0.29, 0.717) is 29.2 Å². The Morgan fingerprint density at radius 2 is 2.00 bits per heavy atom. The number of aromatic nitrogens is 5. The molecule has 0 N–H and O–H groups in total. The van der Waals surface area contributed by atoms with Gasteiger partial charge in [0.2, 0.25) is 0 Å². The summed E-state index contributed by atoms with van der Waals surface area (Å²) in [6, 6.07) is 1.90. The Balaban J connectivity index is 2.26. The lowest BCUT2D eigenvalue weighted by Crippen LogP contribution is -2.27. The van der Waals surface area contributed by atoms with Gasteiger partial charge in [0, 0.05) is 19.3 Å². The number of rotatable bonds is 3. The van der Waals surface area contributed by atoms with E-state index in [1.807, 2.05) is 45.1 Å². The Morgan fingerprint density at radius 3 is 2.71 bits per heavy atom. The van der Waals surface area contributed by atoms with E-state index in [-0.39, 0.29) is 5.56 Å². The van der Waals surface area contributed by atoms with Crippen LogP contribution in [0.2, 0.25) is 0 Å². The van der Waals surface area contributed by atoms with Crippen molar-refractivity contribution in [2.24, 2.45) is 0 Å². The average Bonchev–Trinajstić information content (AvgIpc) is 2.77. The fourth-order valence-electron chi connectivity index (χ4n) is 2.41. The Kier molecular flexibility index (Phi) is 3.21. The van der Waals surface area contributed by atoms with Crippen molar-refractivity contribution < 1.29 is 0 Å². The van der Waals surface area contributed by atoms with Gasteiger partial charge in [-0.15, -0.1) is 5.10 Å². The number of likely N-dealkylation sites (N-methyl/N-ethyl adjacent to an activating group) is 1. The number of aryl methyl sites for hydroxylation is 2. The number of pyridine rings is 1. The van der Waals surface area contributed by atoms with Gasteiger partial charge in [0.1, 0.15) is 5.82 Å². The minimum absolute atomic E-state index is 0.0330. The Labute approximate surface area is 121 Å². The Morgan fingerprint density at radius 1 is 1.24 bits per heavy atom. The molecule has 3 rings (SSSR count). The van der Waals surface area contributed by atoms with Crippen LogP contribution >= 0.6 is 0 Å². The number of nitrogens with zero attached hydrogens (tertiary/aromatic N) is 6. The minimum Gasteiger partial charge on any atom is -0.314 e. The maximum Gasteiger partial charge on any atom is 0.261 e. The molecule has 0 atom stereocenters. The molecule has 0 unspecified atom stereocenters. The zero-order valence-corrected chi connectivity index (χ0v) is 12.7. The van der Waals surface area contributed by atoms with Gasteiger partial charge < -0.3 is 9.47 Å². The molecule has 0 amide bonds. The largest absolute Gasteiger partial charge is 0.314 e. The van der Waals surface area contributed by atoms with Gasteiger partial charge in [-0.3, -0.25) is 4.79 Å². The van der Waals surface area contributed by atoms with Crippen LogP contribution in [0.4, 0.5) is 0 Å². The highest BCUT2D eigenvalue weighted by Gasteiger charge is 2.13. The van der Waals surface area contributed by atoms with Crippen molar-refractivity contribution in [3.05, 3.63) is 34.1 Å². The van der Waals surface area contributed by atoms with Gasteiger partial charge in [-0.25, -0.2) is 4.98 Å². The summed E-state index contributed by atoms with van der Waals surface area (Å²) in [5.74, 6) is 1.18. The molecule has 0 aromatic carbocycles. The molecule has 0 aliphatic rings. The lowest BCUT2D eigenvalue weighted by atomic mass is 10.2. The quantitative estimate of drug-likeness (QED) is 0.706. The molecule has 3 aromatic rings. The van der Waals surface area contributed by atoms with Crippen LogP contribution in [-0.2, 0) is 6.54 Å². The summed E-state index contributed by atoms with van der Waals surface area (Å²) in [7, 11) is 3.97. The van der Waals surface area contributed by atoms with Crippen molar-refractivity contribution in [1.82, 2.24) is 29.0 Å². The Bertz CT molecular complexity index is 876. The van der Waals surface area contributed by atoms with Crippen LogP contribution < -0.4 is 5.56 Å². The maximum atomic E-state index is 12.7. The highest BCUT2D eigenvalue weighted by atomic mass is 16.1. The SMILES string of the molecule is Cc1nc2nc(C)c3c(=O)n(CCN(C)C)ccc3n2n1. The molecule has 7 heteroatoms. The Hall–Kier alpha value is -2.28. The summed E-state index contributed by atoms with van der Waals surface area (Å²) in [4.78, 5) is 23.4. The summed E-state index contributed by atoms with van der Waals surface area (Å²) >= 11 is 0. The van der Waals surface area contributed by atoms with Crippen molar-refractivity contribution in [2.75, 3.05) is 20.6 Å². The van der Waals surface area contributed by atoms with Gasteiger partial charge in [0.05, 0.1) is 16.6 Å². The van der Waals surface area contributed by atoms with E-state index in [9.17, 15) is 4.79 Å². The monoisotopic (exact) mass is 286 g/mol. The molecule has 110 valence electrons. The molecule has 0 bridgehead atoms. The number of hydrogen-bond donors (Lipinski definition) is 0. The van der Waals surface area contributed by atoms with Gasteiger partial charge in [0.25, 0.3) is 11.3 Å². The van der Waals surface area contributed by atoms with Crippen LogP contribution in [0.3, 0.4) is 0 Å². The van der Waals surface area contributed by atoms with E-state index in [2.05, 4.69) is 15.1 Å². The van der Waals surface area contributed by atoms with Crippen molar-refractivity contribution in [1.29, 1.82) is 0 Å². The second-order valence-electron chi connectivity index (χ2n) is 5.45. The third-order valence-electron chi connectivity index (χ3n) is 3.48. The van der Waals surface area contributed by atoms with E-state index in [1.54, 1.807) is 9.08 Å². The van der Waals surface area contributed by atoms with E-state index in [0.717, 1.165) is 12.1 Å². The third kappa shape index (κ3) is 2.29. The summed E-state index contributed by atoms with van der Waals surface area (Å²) in [6.45, 7) is 5.11. The first-order chi connectivity index (χ1) is 9.97. The van der Waals surface area contributed by atoms with E-state index >= 15 is 0 Å². The summed E-state index contributed by atoms with van der Waals surface area (Å²) in [6.07, 6.45) is 1.81. The smallest absolute Gasteiger partial charge is 0.261 e. The second-order valence-corrected chi connectivity index (χ2v) is 5.45. The van der Waals surface area contributed by atoms with Crippen LogP contribution in [0.1, 0.15) is 11.5 Å². The van der Waals surface area contributed by atoms with Gasteiger partial charge in [-0.1, -0.05) is 0 Å². The first-order valence-corrected chi connectivity index (χ1v) is 6.85. The average molecular weight is 286 g/mol. The predicted octanol–water partition coefficient (Wildman–Crippen LogP) is 0.618. The van der Waals surface area contributed by atoms with Crippen LogP contribution in [0.25, 0.3) is 16.7 Å². The van der Waals surface area contributed by atoms with E-state index in [1.165, 1.54) is 0 Å². The third-order valence-corrected chi connectivity index (χ3v) is 3.48.